The molecule has 1 saturated heterocycles. The van der Waals surface area contributed by atoms with Gasteiger partial charge in [0.1, 0.15) is 6.54 Å². The summed E-state index contributed by atoms with van der Waals surface area (Å²) in [7, 11) is 1.58. The van der Waals surface area contributed by atoms with Gasteiger partial charge in [0.15, 0.2) is 11.2 Å². The average molecular weight is 494 g/mol. The number of methoxy groups -OCH3 is 1. The molecule has 182 valence electrons. The third-order valence-corrected chi connectivity index (χ3v) is 7.42. The van der Waals surface area contributed by atoms with Crippen LogP contribution < -0.4 is 11.2 Å². The van der Waals surface area contributed by atoms with E-state index in [-0.39, 0.29) is 25.0 Å². The van der Waals surface area contributed by atoms with Crippen LogP contribution in [0.4, 0.5) is 0 Å². The number of rotatable bonds is 8. The van der Waals surface area contributed by atoms with Gasteiger partial charge in [-0.3, -0.25) is 14.2 Å². The van der Waals surface area contributed by atoms with Crippen LogP contribution in [-0.4, -0.2) is 49.8 Å². The standard InChI is InChI=1S/C25H27N5O4S/c1-34-13-12-27-17-26-23-22(27)24(32)30(25(33)29(23)15-18-7-3-2-4-8-18)16-21(31)28-11-5-9-19(28)20-10-6-14-35-20/h2-4,6-8,10,14,17,19H,5,9,11-13,15-16H2,1H3/t19-/m0/s1. The molecule has 10 heteroatoms. The van der Waals surface area contributed by atoms with E-state index in [0.29, 0.717) is 30.9 Å². The van der Waals surface area contributed by atoms with Crippen molar-refractivity contribution in [3.05, 3.63) is 85.5 Å². The molecule has 1 aliphatic rings. The van der Waals surface area contributed by atoms with Crippen LogP contribution in [0.3, 0.4) is 0 Å². The number of carbonyl (C=O) groups excluding carboxylic acids is 1. The number of benzene rings is 1. The van der Waals surface area contributed by atoms with Crippen LogP contribution in [0.25, 0.3) is 11.2 Å². The Balaban J connectivity index is 1.57. The zero-order valence-corrected chi connectivity index (χ0v) is 20.3. The van der Waals surface area contributed by atoms with E-state index in [9.17, 15) is 14.4 Å². The van der Waals surface area contributed by atoms with Crippen LogP contribution in [0.1, 0.15) is 29.3 Å². The van der Waals surface area contributed by atoms with Gasteiger partial charge in [-0.2, -0.15) is 0 Å². The molecule has 1 atom stereocenters. The van der Waals surface area contributed by atoms with Gasteiger partial charge in [0.2, 0.25) is 5.91 Å². The summed E-state index contributed by atoms with van der Waals surface area (Å²) in [5.74, 6) is -0.228. The van der Waals surface area contributed by atoms with Crippen molar-refractivity contribution in [2.24, 2.45) is 0 Å². The van der Waals surface area contributed by atoms with Crippen molar-refractivity contribution >= 4 is 28.4 Å². The quantitative estimate of drug-likeness (QED) is 0.376. The Morgan fingerprint density at radius 3 is 2.71 bits per heavy atom. The molecular weight excluding hydrogens is 466 g/mol. The highest BCUT2D eigenvalue weighted by Crippen LogP contribution is 2.34. The molecule has 0 aliphatic carbocycles. The molecule has 1 aromatic carbocycles. The predicted octanol–water partition coefficient (Wildman–Crippen LogP) is 2.48. The van der Waals surface area contributed by atoms with Gasteiger partial charge in [-0.25, -0.2) is 14.3 Å². The topological polar surface area (TPSA) is 91.4 Å². The van der Waals surface area contributed by atoms with Crippen molar-refractivity contribution in [3.63, 3.8) is 0 Å². The van der Waals surface area contributed by atoms with Crippen molar-refractivity contribution in [1.82, 2.24) is 23.6 Å². The highest BCUT2D eigenvalue weighted by atomic mass is 32.1. The minimum atomic E-state index is -0.538. The Morgan fingerprint density at radius 2 is 1.97 bits per heavy atom. The van der Waals surface area contributed by atoms with Gasteiger partial charge in [-0.05, 0) is 29.9 Å². The van der Waals surface area contributed by atoms with Crippen molar-refractivity contribution in [2.75, 3.05) is 20.3 Å². The van der Waals surface area contributed by atoms with Gasteiger partial charge >= 0.3 is 5.69 Å². The van der Waals surface area contributed by atoms with Crippen molar-refractivity contribution in [1.29, 1.82) is 0 Å². The maximum atomic E-state index is 13.6. The normalized spacial score (nSPS) is 15.8. The van der Waals surface area contributed by atoms with Gasteiger partial charge in [0, 0.05) is 25.1 Å². The van der Waals surface area contributed by atoms with E-state index in [1.54, 1.807) is 34.2 Å². The van der Waals surface area contributed by atoms with Gasteiger partial charge in [0.25, 0.3) is 5.56 Å². The summed E-state index contributed by atoms with van der Waals surface area (Å²) in [6.45, 7) is 1.35. The molecule has 0 saturated carbocycles. The van der Waals surface area contributed by atoms with Gasteiger partial charge in [0.05, 0.1) is 25.5 Å². The Morgan fingerprint density at radius 1 is 1.14 bits per heavy atom. The maximum Gasteiger partial charge on any atom is 0.333 e. The number of carbonyl (C=O) groups is 1. The first-order valence-electron chi connectivity index (χ1n) is 11.6. The summed E-state index contributed by atoms with van der Waals surface area (Å²) in [6.07, 6.45) is 3.32. The zero-order chi connectivity index (χ0) is 24.4. The lowest BCUT2D eigenvalue weighted by molar-refractivity contribution is -0.132. The van der Waals surface area contributed by atoms with E-state index in [4.69, 9.17) is 4.74 Å². The van der Waals surface area contributed by atoms with E-state index in [1.165, 1.54) is 4.57 Å². The lowest BCUT2D eigenvalue weighted by Gasteiger charge is -2.24. The number of hydrogen-bond acceptors (Lipinski definition) is 6. The number of amides is 1. The second kappa shape index (κ2) is 10.0. The van der Waals surface area contributed by atoms with Crippen molar-refractivity contribution in [2.45, 2.75) is 38.5 Å². The highest BCUT2D eigenvalue weighted by Gasteiger charge is 2.31. The number of imidazole rings is 1. The molecule has 1 fully saturated rings. The second-order valence-corrected chi connectivity index (χ2v) is 9.59. The summed E-state index contributed by atoms with van der Waals surface area (Å²) in [6, 6.07) is 13.5. The van der Waals surface area contributed by atoms with Crippen molar-refractivity contribution < 1.29 is 9.53 Å². The monoisotopic (exact) mass is 493 g/mol. The molecule has 4 heterocycles. The molecule has 9 nitrogen and oxygen atoms in total. The van der Waals surface area contributed by atoms with Crippen molar-refractivity contribution in [3.8, 4) is 0 Å². The van der Waals surface area contributed by atoms with E-state index in [0.717, 1.165) is 27.8 Å². The first-order valence-corrected chi connectivity index (χ1v) is 12.5. The fourth-order valence-corrected chi connectivity index (χ4v) is 5.59. The molecule has 0 spiro atoms. The molecule has 5 rings (SSSR count). The van der Waals surface area contributed by atoms with Crippen LogP contribution >= 0.6 is 11.3 Å². The Labute approximate surface area is 205 Å². The molecule has 35 heavy (non-hydrogen) atoms. The minimum absolute atomic E-state index is 0.0132. The summed E-state index contributed by atoms with van der Waals surface area (Å²) < 4.78 is 9.40. The molecule has 1 amide bonds. The van der Waals surface area contributed by atoms with Crippen LogP contribution in [0.5, 0.6) is 0 Å². The number of fused-ring (bicyclic) bond motifs is 1. The Kier molecular flexibility index (Phi) is 6.65. The largest absolute Gasteiger partial charge is 0.383 e. The first kappa shape index (κ1) is 23.3. The fourth-order valence-electron chi connectivity index (χ4n) is 4.71. The number of thiophene rings is 1. The minimum Gasteiger partial charge on any atom is -0.383 e. The Bertz CT molecular complexity index is 1440. The lowest BCUT2D eigenvalue weighted by Crippen LogP contribution is -2.45. The number of aromatic nitrogens is 4. The molecule has 3 aromatic heterocycles. The summed E-state index contributed by atoms with van der Waals surface area (Å²) in [5.41, 5.74) is 0.450. The predicted molar refractivity (Wildman–Crippen MR) is 134 cm³/mol. The molecule has 0 radical (unpaired) electrons. The van der Waals surface area contributed by atoms with E-state index in [1.807, 2.05) is 47.8 Å². The number of ether oxygens (including phenoxy) is 1. The molecule has 0 bridgehead atoms. The van der Waals surface area contributed by atoms with E-state index < -0.39 is 11.2 Å². The molecule has 4 aromatic rings. The molecule has 1 aliphatic heterocycles. The van der Waals surface area contributed by atoms with E-state index >= 15 is 0 Å². The molecule has 0 unspecified atom stereocenters. The van der Waals surface area contributed by atoms with Crippen LogP contribution in [0.2, 0.25) is 0 Å². The zero-order valence-electron chi connectivity index (χ0n) is 19.5. The lowest BCUT2D eigenvalue weighted by atomic mass is 10.2. The molecular formula is C25H27N5O4S. The third kappa shape index (κ3) is 4.46. The number of nitrogens with zero attached hydrogens (tertiary/aromatic N) is 5. The number of likely N-dealkylation sites (tertiary alicyclic amines) is 1. The SMILES string of the molecule is COCCn1cnc2c1c(=O)n(CC(=O)N1CCC[C@H]1c1cccs1)c(=O)n2Cc1ccccc1. The highest BCUT2D eigenvalue weighted by molar-refractivity contribution is 7.10. The second-order valence-electron chi connectivity index (χ2n) is 8.61. The number of hydrogen-bond donors (Lipinski definition) is 0. The maximum absolute atomic E-state index is 13.6. The summed E-state index contributed by atoms with van der Waals surface area (Å²) in [4.78, 5) is 47.8. The average Bonchev–Trinajstić information content (AvgIpc) is 3.64. The summed E-state index contributed by atoms with van der Waals surface area (Å²) >= 11 is 1.62. The van der Waals surface area contributed by atoms with Crippen LogP contribution in [0, 0.1) is 0 Å². The third-order valence-electron chi connectivity index (χ3n) is 6.44. The fraction of sp³-hybridized carbons (Fsp3) is 0.360. The van der Waals surface area contributed by atoms with Crippen LogP contribution in [-0.2, 0) is 29.2 Å². The molecule has 0 N–H and O–H groups in total. The smallest absolute Gasteiger partial charge is 0.333 e. The van der Waals surface area contributed by atoms with E-state index in [2.05, 4.69) is 4.98 Å². The Hall–Kier alpha value is -3.50. The van der Waals surface area contributed by atoms with Crippen LogP contribution in [0.15, 0.2) is 63.8 Å². The van der Waals surface area contributed by atoms with Gasteiger partial charge in [-0.15, -0.1) is 11.3 Å². The van der Waals surface area contributed by atoms with Gasteiger partial charge in [-0.1, -0.05) is 36.4 Å². The first-order chi connectivity index (χ1) is 17.1. The van der Waals surface area contributed by atoms with Gasteiger partial charge < -0.3 is 14.2 Å². The summed E-state index contributed by atoms with van der Waals surface area (Å²) in [5, 5.41) is 2.00.